The van der Waals surface area contributed by atoms with Crippen LogP contribution < -0.4 is 10.5 Å². The number of nitrogens with two attached hydrogens (primary N) is 1. The van der Waals surface area contributed by atoms with Gasteiger partial charge in [0.15, 0.2) is 11.6 Å². The smallest absolute Gasteiger partial charge is 0.158 e. The number of benzene rings is 1. The molecule has 1 heterocycles. The van der Waals surface area contributed by atoms with E-state index < -0.39 is 0 Å². The van der Waals surface area contributed by atoms with E-state index in [1.807, 2.05) is 36.0 Å². The molecule has 1 aromatic heterocycles. The van der Waals surface area contributed by atoms with Crippen molar-refractivity contribution in [1.29, 1.82) is 0 Å². The first kappa shape index (κ1) is 17.4. The maximum atomic E-state index is 12.4. The van der Waals surface area contributed by atoms with Gasteiger partial charge in [0.25, 0.3) is 0 Å². The van der Waals surface area contributed by atoms with Crippen LogP contribution in [0.4, 0.5) is 4.39 Å². The highest BCUT2D eigenvalue weighted by atomic mass is 35.5. The molecule has 124 valence electrons. The summed E-state index contributed by atoms with van der Waals surface area (Å²) in [6.07, 6.45) is 2.86. The Bertz CT molecular complexity index is 680. The molecule has 0 unspecified atom stereocenters. The topological polar surface area (TPSA) is 66.0 Å². The van der Waals surface area contributed by atoms with Crippen LogP contribution in [0.2, 0.25) is 0 Å². The first-order valence-electron chi connectivity index (χ1n) is 7.33. The van der Waals surface area contributed by atoms with Crippen molar-refractivity contribution in [3.8, 4) is 17.1 Å². The minimum Gasteiger partial charge on any atom is -0.489 e. The fourth-order valence-corrected chi connectivity index (χ4v) is 2.18. The molecule has 23 heavy (non-hydrogen) atoms. The zero-order chi connectivity index (χ0) is 15.5. The molecule has 5 nitrogen and oxygen atoms in total. The molecule has 0 spiro atoms. The van der Waals surface area contributed by atoms with Gasteiger partial charge >= 0.3 is 0 Å². The fraction of sp³-hybridized carbons (Fsp3) is 0.375. The van der Waals surface area contributed by atoms with Crippen LogP contribution >= 0.6 is 12.4 Å². The highest BCUT2D eigenvalue weighted by Gasteiger charge is 2.28. The molecule has 1 fully saturated rings. The standard InChI is InChI=1S/C16H19FN4O.ClH/c1-21-16(19-15(20-21)12-2-3-12)13-4-6-14(7-5-13)22-10-11(8-17)9-18;/h4-8,12H,2-3,9-10,18H2,1H3;1H/b11-8+;. The Balaban J connectivity index is 0.00000192. The van der Waals surface area contributed by atoms with E-state index in [-0.39, 0.29) is 25.6 Å². The molecule has 2 N–H and O–H groups in total. The SMILES string of the molecule is Cl.Cn1nc(C2CC2)nc1-c1ccc(OC/C(=C/F)CN)cc1. The fourth-order valence-electron chi connectivity index (χ4n) is 2.18. The van der Waals surface area contributed by atoms with Crippen molar-refractivity contribution in [2.24, 2.45) is 12.8 Å². The molecule has 3 rings (SSSR count). The lowest BCUT2D eigenvalue weighted by atomic mass is 10.2. The highest BCUT2D eigenvalue weighted by molar-refractivity contribution is 5.85. The quantitative estimate of drug-likeness (QED) is 0.879. The Morgan fingerprint density at radius 2 is 2.09 bits per heavy atom. The van der Waals surface area contributed by atoms with Crippen LogP contribution in [0, 0.1) is 0 Å². The lowest BCUT2D eigenvalue weighted by Gasteiger charge is -2.07. The first-order chi connectivity index (χ1) is 10.7. The van der Waals surface area contributed by atoms with Gasteiger partial charge in [-0.25, -0.2) is 14.1 Å². The summed E-state index contributed by atoms with van der Waals surface area (Å²) in [5.74, 6) is 2.98. The van der Waals surface area contributed by atoms with Gasteiger partial charge in [-0.1, -0.05) is 0 Å². The van der Waals surface area contributed by atoms with Crippen molar-refractivity contribution in [2.45, 2.75) is 18.8 Å². The molecular formula is C16H20ClFN4O. The van der Waals surface area contributed by atoms with Crippen molar-refractivity contribution >= 4 is 12.4 Å². The van der Waals surface area contributed by atoms with Gasteiger partial charge in [0.2, 0.25) is 0 Å². The predicted molar refractivity (Wildman–Crippen MR) is 89.4 cm³/mol. The molecule has 2 aromatic rings. The second kappa shape index (κ2) is 7.57. The van der Waals surface area contributed by atoms with Crippen LogP contribution in [0.15, 0.2) is 36.2 Å². The number of hydrogen-bond acceptors (Lipinski definition) is 4. The minimum absolute atomic E-state index is 0. The third kappa shape index (κ3) is 4.09. The molecule has 1 saturated carbocycles. The summed E-state index contributed by atoms with van der Waals surface area (Å²) < 4.78 is 19.7. The van der Waals surface area contributed by atoms with Gasteiger partial charge in [-0.15, -0.1) is 12.4 Å². The van der Waals surface area contributed by atoms with Crippen LogP contribution in [0.5, 0.6) is 5.75 Å². The molecule has 0 radical (unpaired) electrons. The lowest BCUT2D eigenvalue weighted by molar-refractivity contribution is 0.347. The van der Waals surface area contributed by atoms with E-state index in [2.05, 4.69) is 10.1 Å². The first-order valence-corrected chi connectivity index (χ1v) is 7.33. The molecule has 0 aliphatic heterocycles. The van der Waals surface area contributed by atoms with E-state index >= 15 is 0 Å². The predicted octanol–water partition coefficient (Wildman–Crippen LogP) is 2.97. The zero-order valence-electron chi connectivity index (χ0n) is 12.9. The number of aromatic nitrogens is 3. The van der Waals surface area contributed by atoms with E-state index in [1.54, 1.807) is 0 Å². The van der Waals surface area contributed by atoms with Crippen molar-refractivity contribution in [2.75, 3.05) is 13.2 Å². The summed E-state index contributed by atoms with van der Waals surface area (Å²) in [6, 6.07) is 7.54. The second-order valence-corrected chi connectivity index (χ2v) is 5.48. The van der Waals surface area contributed by atoms with Crippen LogP contribution in [-0.2, 0) is 7.05 Å². The van der Waals surface area contributed by atoms with Gasteiger partial charge in [0.05, 0.1) is 6.33 Å². The van der Waals surface area contributed by atoms with Crippen LogP contribution in [0.1, 0.15) is 24.6 Å². The normalized spacial score (nSPS) is 14.5. The minimum atomic E-state index is 0. The summed E-state index contributed by atoms with van der Waals surface area (Å²) in [5.41, 5.74) is 6.79. The van der Waals surface area contributed by atoms with Gasteiger partial charge in [-0.05, 0) is 37.1 Å². The number of hydrogen-bond donors (Lipinski definition) is 1. The van der Waals surface area contributed by atoms with Gasteiger partial charge in [-0.3, -0.25) is 0 Å². The Labute approximate surface area is 140 Å². The van der Waals surface area contributed by atoms with E-state index in [4.69, 9.17) is 10.5 Å². The van der Waals surface area contributed by atoms with Crippen LogP contribution in [0.3, 0.4) is 0 Å². The van der Waals surface area contributed by atoms with Crippen molar-refractivity contribution < 1.29 is 9.13 Å². The van der Waals surface area contributed by atoms with E-state index in [1.165, 1.54) is 12.8 Å². The molecular weight excluding hydrogens is 319 g/mol. The summed E-state index contributed by atoms with van der Waals surface area (Å²) in [7, 11) is 1.90. The van der Waals surface area contributed by atoms with Gasteiger partial charge in [-0.2, -0.15) is 5.10 Å². The summed E-state index contributed by atoms with van der Waals surface area (Å²) in [4.78, 5) is 4.61. The van der Waals surface area contributed by atoms with Crippen LogP contribution in [0.25, 0.3) is 11.4 Å². The number of rotatable bonds is 6. The van der Waals surface area contributed by atoms with Crippen molar-refractivity contribution in [3.05, 3.63) is 42.0 Å². The summed E-state index contributed by atoms with van der Waals surface area (Å²) >= 11 is 0. The lowest BCUT2D eigenvalue weighted by Crippen LogP contribution is -2.10. The van der Waals surface area contributed by atoms with Gasteiger partial charge < -0.3 is 10.5 Å². The average molecular weight is 339 g/mol. The summed E-state index contributed by atoms with van der Waals surface area (Å²) in [5, 5.41) is 4.46. The third-order valence-electron chi connectivity index (χ3n) is 3.68. The molecule has 0 bridgehead atoms. The monoisotopic (exact) mass is 338 g/mol. The van der Waals surface area contributed by atoms with Crippen LogP contribution in [-0.4, -0.2) is 27.9 Å². The Kier molecular flexibility index (Phi) is 5.74. The second-order valence-electron chi connectivity index (χ2n) is 5.48. The number of nitrogens with zero attached hydrogens (tertiary/aromatic N) is 3. The zero-order valence-corrected chi connectivity index (χ0v) is 13.7. The van der Waals surface area contributed by atoms with Crippen molar-refractivity contribution in [1.82, 2.24) is 14.8 Å². The average Bonchev–Trinajstić information content (AvgIpc) is 3.32. The molecule has 0 amide bonds. The molecule has 1 aliphatic carbocycles. The molecule has 7 heteroatoms. The van der Waals surface area contributed by atoms with Crippen molar-refractivity contribution in [3.63, 3.8) is 0 Å². The number of ether oxygens (including phenoxy) is 1. The Morgan fingerprint density at radius 3 is 2.65 bits per heavy atom. The van der Waals surface area contributed by atoms with Gasteiger partial charge in [0, 0.05) is 30.6 Å². The van der Waals surface area contributed by atoms with E-state index in [0.29, 0.717) is 23.6 Å². The van der Waals surface area contributed by atoms with E-state index in [9.17, 15) is 4.39 Å². The Morgan fingerprint density at radius 1 is 1.39 bits per heavy atom. The number of halogens is 2. The highest BCUT2D eigenvalue weighted by Crippen LogP contribution is 2.38. The Hall–Kier alpha value is -1.92. The summed E-state index contributed by atoms with van der Waals surface area (Å²) in [6.45, 7) is 0.305. The molecule has 0 atom stereocenters. The van der Waals surface area contributed by atoms with Gasteiger partial charge in [0.1, 0.15) is 12.4 Å². The largest absolute Gasteiger partial charge is 0.489 e. The third-order valence-corrected chi connectivity index (χ3v) is 3.68. The number of aryl methyl sites for hydroxylation is 1. The molecule has 1 aromatic carbocycles. The molecule has 1 aliphatic rings. The molecule has 0 saturated heterocycles. The maximum absolute atomic E-state index is 12.4. The maximum Gasteiger partial charge on any atom is 0.158 e. The van der Waals surface area contributed by atoms with E-state index in [0.717, 1.165) is 17.2 Å².